The van der Waals surface area contributed by atoms with Gasteiger partial charge in [-0.1, -0.05) is 212 Å². The fourth-order valence-corrected chi connectivity index (χ4v) is 12.6. The molecule has 63 heavy (non-hydrogen) atoms. The highest BCUT2D eigenvalue weighted by Crippen LogP contribution is 2.58. The van der Waals surface area contributed by atoms with Gasteiger partial charge in [-0.3, -0.25) is 0 Å². The normalized spacial score (nSPS) is 11.6. The summed E-state index contributed by atoms with van der Waals surface area (Å²) in [5.74, 6) is 0. The number of fused-ring (bicyclic) bond motifs is 4. The Kier molecular flexibility index (Phi) is 9.25. The van der Waals surface area contributed by atoms with Gasteiger partial charge >= 0.3 is 0 Å². The Morgan fingerprint density at radius 3 is 1.02 bits per heavy atom. The van der Waals surface area contributed by atoms with Crippen molar-refractivity contribution in [2.45, 2.75) is 0 Å². The average Bonchev–Trinajstić information content (AvgIpc) is 3.69. The van der Waals surface area contributed by atoms with Gasteiger partial charge in [-0.05, 0) is 136 Å². The molecule has 1 aliphatic rings. The number of rotatable bonds is 8. The topological polar surface area (TPSA) is 0 Å². The molecule has 0 unspecified atom stereocenters. The van der Waals surface area contributed by atoms with Crippen LogP contribution in [0, 0.1) is 0 Å². The van der Waals surface area contributed by atoms with Crippen LogP contribution < -0.4 is 15.9 Å². The molecule has 0 bridgehead atoms. The summed E-state index contributed by atoms with van der Waals surface area (Å²) in [7, 11) is -1.10. The van der Waals surface area contributed by atoms with Gasteiger partial charge in [0.2, 0.25) is 0 Å². The maximum Gasteiger partial charge on any atom is 0.102 e. The minimum atomic E-state index is -1.10. The Morgan fingerprint density at radius 2 is 0.540 bits per heavy atom. The zero-order valence-electron chi connectivity index (χ0n) is 34.7. The fraction of sp³-hybridized carbons (Fsp3) is 0. The standard InChI is InChI=1S/C62H41P/c1-5-16-47(17-6-1)58-54-24-13-14-25-55(54)59(48-18-7-2-8-19-48)62-57-41-40-52(53-26-15-27-56(60(53)57)61(58)62)46-34-32-44(33-35-46)42-28-30-43(31-29-42)45-36-38-51(39-37-45)63(49-20-9-3-10-21-49)50-22-11-4-12-23-50/h1-41H/p+1. The molecule has 0 nitrogen and oxygen atoms in total. The monoisotopic (exact) mass is 817 g/mol. The molecule has 0 fully saturated rings. The first-order valence-corrected chi connectivity index (χ1v) is 23.3. The van der Waals surface area contributed by atoms with Crippen LogP contribution in [0.4, 0.5) is 0 Å². The van der Waals surface area contributed by atoms with Crippen molar-refractivity contribution in [1.29, 1.82) is 0 Å². The summed E-state index contributed by atoms with van der Waals surface area (Å²) >= 11 is 0. The molecule has 12 rings (SSSR count). The molecule has 0 amide bonds. The van der Waals surface area contributed by atoms with Crippen molar-refractivity contribution < 1.29 is 0 Å². The maximum atomic E-state index is 2.38. The van der Waals surface area contributed by atoms with Crippen molar-refractivity contribution in [3.63, 3.8) is 0 Å². The maximum absolute atomic E-state index is 2.38. The Balaban J connectivity index is 0.891. The minimum absolute atomic E-state index is 1.10. The Labute approximate surface area is 370 Å². The van der Waals surface area contributed by atoms with Crippen LogP contribution in [0.25, 0.3) is 99.4 Å². The summed E-state index contributed by atoms with van der Waals surface area (Å²) in [4.78, 5) is 0. The fourth-order valence-electron chi connectivity index (χ4n) is 10.1. The molecular weight excluding hydrogens is 776 g/mol. The lowest BCUT2D eigenvalue weighted by molar-refractivity contribution is 1.59. The summed E-state index contributed by atoms with van der Waals surface area (Å²) < 4.78 is 0. The molecule has 11 aromatic carbocycles. The van der Waals surface area contributed by atoms with Crippen molar-refractivity contribution in [3.05, 3.63) is 249 Å². The lowest BCUT2D eigenvalue weighted by atomic mass is 9.82. The molecule has 0 spiro atoms. The second-order valence-corrected chi connectivity index (χ2v) is 19.0. The molecule has 0 saturated heterocycles. The zero-order valence-corrected chi connectivity index (χ0v) is 35.7. The van der Waals surface area contributed by atoms with Gasteiger partial charge in [-0.15, -0.1) is 0 Å². The smallest absolute Gasteiger partial charge is 0.0622 e. The second kappa shape index (κ2) is 15.7. The van der Waals surface area contributed by atoms with E-state index in [9.17, 15) is 0 Å². The van der Waals surface area contributed by atoms with E-state index in [2.05, 4.69) is 249 Å². The Hall–Kier alpha value is -7.63. The van der Waals surface area contributed by atoms with Crippen molar-refractivity contribution in [1.82, 2.24) is 0 Å². The quantitative estimate of drug-likeness (QED) is 0.134. The highest BCUT2D eigenvalue weighted by atomic mass is 31.1. The first kappa shape index (κ1) is 37.2. The van der Waals surface area contributed by atoms with Crippen molar-refractivity contribution in [2.24, 2.45) is 0 Å². The molecule has 1 heteroatoms. The Morgan fingerprint density at radius 1 is 0.190 bits per heavy atom. The van der Waals surface area contributed by atoms with E-state index in [1.54, 1.807) is 0 Å². The largest absolute Gasteiger partial charge is 0.102 e. The third kappa shape index (κ3) is 6.42. The van der Waals surface area contributed by atoms with Crippen LogP contribution in [0.3, 0.4) is 0 Å². The van der Waals surface area contributed by atoms with Gasteiger partial charge in [0.15, 0.2) is 0 Å². The molecule has 0 aromatic heterocycles. The third-order valence-electron chi connectivity index (χ3n) is 13.0. The van der Waals surface area contributed by atoms with Gasteiger partial charge in [-0.25, -0.2) is 0 Å². The van der Waals surface area contributed by atoms with E-state index in [4.69, 9.17) is 0 Å². The van der Waals surface area contributed by atoms with Crippen LogP contribution in [0.15, 0.2) is 249 Å². The number of benzene rings is 11. The highest BCUT2D eigenvalue weighted by molar-refractivity contribution is 7.79. The first-order valence-electron chi connectivity index (χ1n) is 21.8. The zero-order chi connectivity index (χ0) is 41.7. The van der Waals surface area contributed by atoms with E-state index in [-0.39, 0.29) is 0 Å². The molecule has 11 aromatic rings. The second-order valence-electron chi connectivity index (χ2n) is 16.5. The predicted molar refractivity (Wildman–Crippen MR) is 273 cm³/mol. The molecule has 0 N–H and O–H groups in total. The molecule has 0 aliphatic heterocycles. The minimum Gasteiger partial charge on any atom is -0.0622 e. The van der Waals surface area contributed by atoms with Crippen molar-refractivity contribution in [3.8, 4) is 77.9 Å². The summed E-state index contributed by atoms with van der Waals surface area (Å²) in [6, 6.07) is 91.9. The summed E-state index contributed by atoms with van der Waals surface area (Å²) in [6.07, 6.45) is 0. The van der Waals surface area contributed by atoms with Gasteiger partial charge in [-0.2, -0.15) is 0 Å². The molecule has 0 saturated carbocycles. The summed E-state index contributed by atoms with van der Waals surface area (Å²) in [5.41, 5.74) is 17.7. The number of hydrogen-bond donors (Lipinski definition) is 0. The predicted octanol–water partition coefficient (Wildman–Crippen LogP) is 15.5. The van der Waals surface area contributed by atoms with E-state index >= 15 is 0 Å². The van der Waals surface area contributed by atoms with E-state index in [0.717, 1.165) is 0 Å². The molecule has 0 atom stereocenters. The van der Waals surface area contributed by atoms with Crippen LogP contribution in [-0.2, 0) is 0 Å². The van der Waals surface area contributed by atoms with Gasteiger partial charge in [0, 0.05) is 0 Å². The number of hydrogen-bond acceptors (Lipinski definition) is 0. The molecule has 0 radical (unpaired) electrons. The van der Waals surface area contributed by atoms with Gasteiger partial charge in [0.25, 0.3) is 0 Å². The first-order chi connectivity index (χ1) is 31.3. The lowest BCUT2D eigenvalue weighted by Crippen LogP contribution is -2.20. The van der Waals surface area contributed by atoms with Crippen molar-refractivity contribution >= 4 is 45.4 Å². The summed E-state index contributed by atoms with van der Waals surface area (Å²) in [6.45, 7) is 0. The third-order valence-corrected chi connectivity index (χ3v) is 15.7. The van der Waals surface area contributed by atoms with Gasteiger partial charge in [0.05, 0.1) is 7.92 Å². The van der Waals surface area contributed by atoms with E-state index in [0.29, 0.717) is 0 Å². The van der Waals surface area contributed by atoms with Crippen LogP contribution in [0.2, 0.25) is 0 Å². The lowest BCUT2D eigenvalue weighted by Gasteiger charge is -2.20. The Bertz CT molecular complexity index is 3300. The van der Waals surface area contributed by atoms with Gasteiger partial charge in [0.1, 0.15) is 15.9 Å². The van der Waals surface area contributed by atoms with E-state index in [1.165, 1.54) is 115 Å². The van der Waals surface area contributed by atoms with Crippen LogP contribution in [-0.4, -0.2) is 0 Å². The molecule has 1 aliphatic carbocycles. The van der Waals surface area contributed by atoms with Crippen LogP contribution in [0.5, 0.6) is 0 Å². The van der Waals surface area contributed by atoms with Crippen LogP contribution in [0.1, 0.15) is 0 Å². The van der Waals surface area contributed by atoms with E-state index in [1.807, 2.05) is 0 Å². The molecule has 294 valence electrons. The highest BCUT2D eigenvalue weighted by Gasteiger charge is 2.31. The molecule has 0 heterocycles. The van der Waals surface area contributed by atoms with E-state index < -0.39 is 7.92 Å². The summed E-state index contributed by atoms with van der Waals surface area (Å²) in [5, 5.41) is 9.38. The van der Waals surface area contributed by atoms with Gasteiger partial charge < -0.3 is 0 Å². The average molecular weight is 818 g/mol. The van der Waals surface area contributed by atoms with Crippen LogP contribution >= 0.6 is 7.92 Å². The van der Waals surface area contributed by atoms with Crippen molar-refractivity contribution in [2.75, 3.05) is 0 Å². The molecular formula is C62H42P+. The SMILES string of the molecule is c1ccc(-c2c3c(c(-c4ccccc4)c4ccccc24)-c2ccc(-c4ccc(-c5ccc(-c6ccc([PH+](c7ccccc7)c7ccccc7)cc6)cc5)cc4)c4cccc-3c24)cc1.